The third-order valence-electron chi connectivity index (χ3n) is 0.982. The van der Waals surface area contributed by atoms with Crippen LogP contribution in [0.15, 0.2) is 23.4 Å². The van der Waals surface area contributed by atoms with E-state index in [-0.39, 0.29) is 5.56 Å². The number of hydrogen-bond donors (Lipinski definition) is 1. The van der Waals surface area contributed by atoms with Crippen molar-refractivity contribution in [3.63, 3.8) is 0 Å². The molecule has 51 valence electrons. The van der Waals surface area contributed by atoms with Crippen LogP contribution in [-0.2, 0) is 0 Å². The third-order valence-corrected chi connectivity index (χ3v) is 1.21. The summed E-state index contributed by atoms with van der Waals surface area (Å²) in [7, 11) is 0. The van der Waals surface area contributed by atoms with Crippen molar-refractivity contribution in [1.29, 1.82) is 0 Å². The largest absolute Gasteiger partial charge is 0.478 e. The van der Waals surface area contributed by atoms with Gasteiger partial charge in [-0.1, -0.05) is 12.6 Å². The first-order valence-corrected chi connectivity index (χ1v) is 2.97. The molecule has 1 rings (SSSR count). The molecule has 0 aromatic carbocycles. The second-order valence-electron chi connectivity index (χ2n) is 1.69. The molecule has 0 amide bonds. The Hall–Kier alpha value is -1.16. The highest BCUT2D eigenvalue weighted by Crippen LogP contribution is 2.04. The maximum absolute atomic E-state index is 10.3. The summed E-state index contributed by atoms with van der Waals surface area (Å²) in [5.74, 6) is -0.978. The molecule has 1 aromatic heterocycles. The fraction of sp³-hybridized carbons (Fsp3) is 0. The number of aromatic nitrogens is 1. The van der Waals surface area contributed by atoms with Crippen LogP contribution in [0.1, 0.15) is 10.4 Å². The van der Waals surface area contributed by atoms with E-state index in [0.29, 0.717) is 5.03 Å². The Labute approximate surface area is 63.1 Å². The molecule has 3 nitrogen and oxygen atoms in total. The van der Waals surface area contributed by atoms with Crippen LogP contribution < -0.4 is 0 Å². The minimum absolute atomic E-state index is 0.181. The maximum atomic E-state index is 10.3. The number of aromatic carboxylic acids is 1. The van der Waals surface area contributed by atoms with Gasteiger partial charge in [-0.05, 0) is 12.1 Å². The lowest BCUT2D eigenvalue weighted by atomic mass is 10.3. The Morgan fingerprint density at radius 1 is 1.70 bits per heavy atom. The van der Waals surface area contributed by atoms with Crippen LogP contribution in [0.4, 0.5) is 0 Å². The van der Waals surface area contributed by atoms with Gasteiger partial charge in [-0.3, -0.25) is 0 Å². The van der Waals surface area contributed by atoms with Gasteiger partial charge in [0.05, 0.1) is 5.56 Å². The molecule has 0 bridgehead atoms. The Balaban J connectivity index is 3.07. The molecule has 1 heterocycles. The Morgan fingerprint density at radius 3 is 2.80 bits per heavy atom. The summed E-state index contributed by atoms with van der Waals surface area (Å²) in [6.07, 6.45) is 1.38. The van der Waals surface area contributed by atoms with Crippen LogP contribution in [0.3, 0.4) is 0 Å². The van der Waals surface area contributed by atoms with Gasteiger partial charge in [-0.2, -0.15) is 0 Å². The second kappa shape index (κ2) is 2.62. The zero-order chi connectivity index (χ0) is 7.56. The van der Waals surface area contributed by atoms with Crippen molar-refractivity contribution in [2.24, 2.45) is 0 Å². The Morgan fingerprint density at radius 2 is 2.40 bits per heavy atom. The smallest absolute Gasteiger partial charge is 0.335 e. The van der Waals surface area contributed by atoms with Gasteiger partial charge < -0.3 is 5.11 Å². The fourth-order valence-corrected chi connectivity index (χ4v) is 0.730. The van der Waals surface area contributed by atoms with E-state index >= 15 is 0 Å². The predicted molar refractivity (Wildman–Crippen MR) is 37.1 cm³/mol. The van der Waals surface area contributed by atoms with Crippen molar-refractivity contribution >= 4 is 18.6 Å². The van der Waals surface area contributed by atoms with Gasteiger partial charge in [0, 0.05) is 6.20 Å². The van der Waals surface area contributed by atoms with Crippen molar-refractivity contribution in [3.05, 3.63) is 23.9 Å². The monoisotopic (exact) mass is 154 g/mol. The number of nitrogens with zero attached hydrogens (tertiary/aromatic N) is 1. The number of rotatable bonds is 1. The molecule has 1 aromatic rings. The highest BCUT2D eigenvalue weighted by atomic mass is 32.1. The minimum atomic E-state index is -0.978. The van der Waals surface area contributed by atoms with Crippen molar-refractivity contribution in [1.82, 2.24) is 4.98 Å². The fourth-order valence-electron chi connectivity index (χ4n) is 0.542. The average molecular weight is 154 g/mol. The predicted octanol–water partition coefficient (Wildman–Crippen LogP) is 1.34. The van der Waals surface area contributed by atoms with Crippen LogP contribution in [-0.4, -0.2) is 16.1 Å². The van der Waals surface area contributed by atoms with Gasteiger partial charge in [-0.15, -0.1) is 0 Å². The molecule has 0 aliphatic heterocycles. The van der Waals surface area contributed by atoms with Gasteiger partial charge in [-0.25, -0.2) is 9.78 Å². The summed E-state index contributed by atoms with van der Waals surface area (Å²) >= 11 is 4.64. The van der Waals surface area contributed by atoms with Crippen molar-refractivity contribution < 1.29 is 9.90 Å². The highest BCUT2D eigenvalue weighted by molar-refractivity contribution is 7.80. The van der Waals surface area contributed by atoms with Crippen molar-refractivity contribution in [3.8, 4) is 0 Å². The van der Waals surface area contributed by atoms with E-state index in [4.69, 9.17) is 5.11 Å². The lowest BCUT2D eigenvalue weighted by Gasteiger charge is -1.91. The molecule has 0 saturated carbocycles. The molecule has 1 radical (unpaired) electrons. The van der Waals surface area contributed by atoms with Gasteiger partial charge in [0.25, 0.3) is 0 Å². The van der Waals surface area contributed by atoms with Crippen LogP contribution >= 0.6 is 12.6 Å². The molecule has 0 atom stereocenters. The molecule has 0 aliphatic carbocycles. The van der Waals surface area contributed by atoms with Crippen LogP contribution in [0, 0.1) is 0 Å². The normalized spacial score (nSPS) is 9.20. The third kappa shape index (κ3) is 1.41. The molecular formula is C6H4NO2S. The first kappa shape index (κ1) is 6.95. The number of hydrogen-bond acceptors (Lipinski definition) is 2. The van der Waals surface area contributed by atoms with Crippen molar-refractivity contribution in [2.45, 2.75) is 5.03 Å². The molecule has 10 heavy (non-hydrogen) atoms. The Bertz CT molecular complexity index is 262. The van der Waals surface area contributed by atoms with Crippen LogP contribution in [0.5, 0.6) is 0 Å². The van der Waals surface area contributed by atoms with Crippen LogP contribution in [0.2, 0.25) is 0 Å². The lowest BCUT2D eigenvalue weighted by molar-refractivity contribution is 0.0696. The van der Waals surface area contributed by atoms with E-state index in [9.17, 15) is 4.79 Å². The SMILES string of the molecule is O=C(O)c1ccnc([S])c1. The molecule has 1 N–H and O–H groups in total. The number of carboxylic acid groups (broad SMARTS) is 1. The second-order valence-corrected chi connectivity index (χ2v) is 2.11. The number of carbonyl (C=O) groups is 1. The lowest BCUT2D eigenvalue weighted by Crippen LogP contribution is -1.95. The van der Waals surface area contributed by atoms with Gasteiger partial charge >= 0.3 is 5.97 Å². The molecule has 0 fully saturated rings. The molecule has 0 saturated heterocycles. The zero-order valence-corrected chi connectivity index (χ0v) is 5.76. The van der Waals surface area contributed by atoms with Gasteiger partial charge in [0.2, 0.25) is 0 Å². The van der Waals surface area contributed by atoms with E-state index in [0.717, 1.165) is 0 Å². The van der Waals surface area contributed by atoms with Gasteiger partial charge in [0.15, 0.2) is 0 Å². The van der Waals surface area contributed by atoms with E-state index < -0.39 is 5.97 Å². The van der Waals surface area contributed by atoms with E-state index in [1.807, 2.05) is 0 Å². The summed E-state index contributed by atoms with van der Waals surface area (Å²) in [4.78, 5) is 14.0. The van der Waals surface area contributed by atoms with Crippen LogP contribution in [0.25, 0.3) is 0 Å². The Kier molecular flexibility index (Phi) is 1.82. The first-order valence-electron chi connectivity index (χ1n) is 2.56. The first-order chi connectivity index (χ1) is 4.70. The zero-order valence-electron chi connectivity index (χ0n) is 4.94. The molecule has 4 heteroatoms. The molecule has 0 unspecified atom stereocenters. The van der Waals surface area contributed by atoms with E-state index in [2.05, 4.69) is 17.6 Å². The number of carboxylic acids is 1. The summed E-state index contributed by atoms with van der Waals surface area (Å²) in [6, 6.07) is 2.75. The highest BCUT2D eigenvalue weighted by Gasteiger charge is 2.01. The molecule has 0 spiro atoms. The minimum Gasteiger partial charge on any atom is -0.478 e. The maximum Gasteiger partial charge on any atom is 0.335 e. The summed E-state index contributed by atoms with van der Waals surface area (Å²) in [6.45, 7) is 0. The van der Waals surface area contributed by atoms with E-state index in [1.165, 1.54) is 18.3 Å². The summed E-state index contributed by atoms with van der Waals surface area (Å²) < 4.78 is 0. The van der Waals surface area contributed by atoms with Crippen molar-refractivity contribution in [2.75, 3.05) is 0 Å². The summed E-state index contributed by atoms with van der Waals surface area (Å²) in [5.41, 5.74) is 0.181. The topological polar surface area (TPSA) is 50.2 Å². The average Bonchev–Trinajstić information content (AvgIpc) is 1.88. The van der Waals surface area contributed by atoms with E-state index in [1.54, 1.807) is 0 Å². The quantitative estimate of drug-likeness (QED) is 0.664. The number of pyridine rings is 1. The summed E-state index contributed by atoms with van der Waals surface area (Å²) in [5, 5.41) is 8.74. The molecular weight excluding hydrogens is 150 g/mol. The standard InChI is InChI=1S/C6H4NO2S/c8-6(9)4-1-2-7-5(10)3-4/h1-3H,(H,8,9). The van der Waals surface area contributed by atoms with Gasteiger partial charge in [0.1, 0.15) is 5.03 Å². The molecule has 0 aliphatic rings.